The molecule has 0 aliphatic carbocycles. The van der Waals surface area contributed by atoms with Crippen LogP contribution in [0.25, 0.3) is 43.1 Å². The van der Waals surface area contributed by atoms with E-state index in [2.05, 4.69) is 188 Å². The molecule has 13 rings (SSSR count). The second kappa shape index (κ2) is 28.4. The van der Waals surface area contributed by atoms with Crippen molar-refractivity contribution < 1.29 is 56.1 Å². The van der Waals surface area contributed by atoms with Gasteiger partial charge >= 0.3 is 0 Å². The summed E-state index contributed by atoms with van der Waals surface area (Å²) in [5.74, 6) is 0.558. The second-order valence-corrected chi connectivity index (χ2v) is 34.8. The first-order valence-corrected chi connectivity index (χ1v) is 37.7. The molecule has 0 saturated carbocycles. The van der Waals surface area contributed by atoms with Gasteiger partial charge in [0, 0.05) is 68.8 Å². The van der Waals surface area contributed by atoms with Crippen LogP contribution in [-0.2, 0) is 25.7 Å². The maximum absolute atomic E-state index is 16.7. The lowest BCUT2D eigenvalue weighted by atomic mass is 9.80. The van der Waals surface area contributed by atoms with E-state index >= 15 is 19.2 Å². The molecule has 0 saturated heterocycles. The molecule has 0 fully saturated rings. The highest BCUT2D eigenvalue weighted by atomic mass is 16.5. The molecule has 2 aliphatic heterocycles. The number of likely N-dealkylation sites (N-methyl/N-ethyl adjacent to an activating group) is 4. The first-order chi connectivity index (χ1) is 50.0. The largest absolute Gasteiger partial charge is 0.457 e. The van der Waals surface area contributed by atoms with Crippen LogP contribution in [0.15, 0.2) is 158 Å². The first kappa shape index (κ1) is 74.3. The Morgan fingerprint density at radius 1 is 0.274 bits per heavy atom. The normalized spacial score (nSPS) is 13.8. The lowest BCUT2D eigenvalue weighted by molar-refractivity contribution is -0.870. The van der Waals surface area contributed by atoms with E-state index in [0.717, 1.165) is 114 Å². The summed E-state index contributed by atoms with van der Waals surface area (Å²) < 4.78 is 33.2. The summed E-state index contributed by atoms with van der Waals surface area (Å²) in [5.41, 5.74) is 9.88. The van der Waals surface area contributed by atoms with Crippen LogP contribution in [0.1, 0.15) is 165 Å². The molecule has 0 radical (unpaired) electrons. The molecule has 0 spiro atoms. The summed E-state index contributed by atoms with van der Waals surface area (Å²) in [4.78, 5) is 69.6. The van der Waals surface area contributed by atoms with Gasteiger partial charge in [0.2, 0.25) is 0 Å². The number of benzene rings is 11. The van der Waals surface area contributed by atoms with Crippen molar-refractivity contribution in [3.8, 4) is 46.0 Å². The second-order valence-electron chi connectivity index (χ2n) is 34.8. The fraction of sp³-hybridized carbons (Fsp3) is 0.348. The smallest absolute Gasteiger partial charge is 0.266 e. The van der Waals surface area contributed by atoms with Gasteiger partial charge in [0.05, 0.1) is 144 Å². The van der Waals surface area contributed by atoms with Crippen molar-refractivity contribution >= 4 is 78.1 Å². The van der Waals surface area contributed by atoms with Gasteiger partial charge in [-0.2, -0.15) is 0 Å². The van der Waals surface area contributed by atoms with Crippen molar-refractivity contribution in [2.24, 2.45) is 0 Å². The fourth-order valence-corrected chi connectivity index (χ4v) is 15.0. The number of hydrogen-bond donors (Lipinski definition) is 0. The molecule has 0 N–H and O–H groups in total. The summed E-state index contributed by atoms with van der Waals surface area (Å²) in [5, 5.41) is 3.49. The van der Waals surface area contributed by atoms with E-state index in [1.54, 1.807) is 24.3 Å². The van der Waals surface area contributed by atoms with E-state index in [4.69, 9.17) is 18.9 Å². The van der Waals surface area contributed by atoms with Crippen LogP contribution in [0, 0.1) is 0 Å². The Bertz CT molecular complexity index is 4600. The number of nitrogens with zero attached hydrogens (tertiary/aromatic N) is 6. The molecular weight excluding hydrogens is 1320 g/mol. The number of hydrogen-bond acceptors (Lipinski definition) is 8. The quantitative estimate of drug-likeness (QED) is 0.0228. The van der Waals surface area contributed by atoms with Crippen LogP contribution in [0.5, 0.6) is 46.0 Å². The van der Waals surface area contributed by atoms with Crippen LogP contribution < -0.4 is 28.7 Å². The van der Waals surface area contributed by atoms with Gasteiger partial charge in [0.1, 0.15) is 46.0 Å². The molecule has 0 atom stereocenters. The molecule has 11 aromatic carbocycles. The Kier molecular flexibility index (Phi) is 19.9. The third-order valence-corrected chi connectivity index (χ3v) is 20.9. The molecule has 2 aliphatic rings. The van der Waals surface area contributed by atoms with Gasteiger partial charge in [-0.15, -0.1) is 0 Å². The minimum absolute atomic E-state index is 0.0825. The van der Waals surface area contributed by atoms with E-state index < -0.39 is 23.6 Å². The van der Waals surface area contributed by atoms with Crippen molar-refractivity contribution in [2.45, 2.75) is 105 Å². The summed E-state index contributed by atoms with van der Waals surface area (Å²) in [7, 11) is 26.2. The average Bonchev–Trinajstić information content (AvgIpc) is 0.670. The summed E-state index contributed by atoms with van der Waals surface area (Å²) in [6.45, 7) is 20.3. The van der Waals surface area contributed by atoms with Crippen LogP contribution >= 0.6 is 0 Å². The Balaban J connectivity index is 1.21. The Hall–Kier alpha value is -9.96. The van der Waals surface area contributed by atoms with Crippen LogP contribution in [0.2, 0.25) is 0 Å². The topological polar surface area (TPSA) is 112 Å². The monoisotopic (exact) mass is 1420 g/mol. The molecule has 0 bridgehead atoms. The molecule has 0 unspecified atom stereocenters. The first-order valence-electron chi connectivity index (χ1n) is 37.7. The lowest BCUT2D eigenvalue weighted by Crippen LogP contribution is -2.42. The molecule has 4 amide bonds. The number of ether oxygens (including phenoxy) is 4. The lowest BCUT2D eigenvalue weighted by Gasteiger charge is -2.35. The molecule has 2 heterocycles. The summed E-state index contributed by atoms with van der Waals surface area (Å²) in [6, 6.07) is 51.6. The zero-order valence-electron chi connectivity index (χ0n) is 65.9. The van der Waals surface area contributed by atoms with E-state index in [9.17, 15) is 0 Å². The number of imide groups is 2. The van der Waals surface area contributed by atoms with Crippen LogP contribution in [0.3, 0.4) is 0 Å². The van der Waals surface area contributed by atoms with Crippen molar-refractivity contribution in [2.75, 3.05) is 121 Å². The Morgan fingerprint density at radius 3 is 0.651 bits per heavy atom. The van der Waals surface area contributed by atoms with Gasteiger partial charge < -0.3 is 36.9 Å². The number of fused-ring (bicyclic) bond motifs is 2. The number of para-hydroxylation sites is 2. The SMILES string of the molecule is CC(C)c1cccc(C(C)C)c1N1C(=O)c2cc(Oc3ccc(CC[N+](C)(C)C)cc3)c3c4c(Oc5ccc(CC[N+](C)(C)C)cc5)cc5c6c(cc(Oc7ccc(CC[N+](C)(C)C)cc7)c(c7c(Oc8ccc(CC[N+](C)(C)C)cc8)cc(c2c37)C1=O)c64)C(=O)N(c1c(C(C)C)cccc1C(C)C)C5=O. The molecule has 14 nitrogen and oxygen atoms in total. The predicted octanol–water partition coefficient (Wildman–Crippen LogP) is 20.0. The third kappa shape index (κ3) is 14.9. The average molecular weight is 1420 g/mol. The molecule has 14 heteroatoms. The van der Waals surface area contributed by atoms with Crippen LogP contribution in [0.4, 0.5) is 11.4 Å². The number of amides is 4. The third-order valence-electron chi connectivity index (χ3n) is 20.9. The van der Waals surface area contributed by atoms with Gasteiger partial charge in [-0.05, 0) is 141 Å². The highest BCUT2D eigenvalue weighted by molar-refractivity contribution is 6.48. The molecular formula is C92H106N6O8+4. The van der Waals surface area contributed by atoms with E-state index in [1.165, 1.54) is 9.80 Å². The molecule has 0 aromatic heterocycles. The van der Waals surface area contributed by atoms with Crippen molar-refractivity contribution in [3.05, 3.63) is 224 Å². The minimum Gasteiger partial charge on any atom is -0.457 e. The number of carbonyl (C=O) groups is 4. The zero-order valence-corrected chi connectivity index (χ0v) is 65.9. The number of rotatable bonds is 26. The van der Waals surface area contributed by atoms with Crippen LogP contribution in [-0.4, -0.2) is 152 Å². The number of carbonyl (C=O) groups excluding carboxylic acids is 4. The Morgan fingerprint density at radius 2 is 0.472 bits per heavy atom. The van der Waals surface area contributed by atoms with Gasteiger partial charge in [-0.25, -0.2) is 9.80 Å². The summed E-state index contributed by atoms with van der Waals surface area (Å²) >= 11 is 0. The fourth-order valence-electron chi connectivity index (χ4n) is 15.0. The van der Waals surface area contributed by atoms with Gasteiger partial charge in [0.15, 0.2) is 0 Å². The number of anilines is 2. The van der Waals surface area contributed by atoms with Crippen molar-refractivity contribution in [1.29, 1.82) is 0 Å². The Labute approximate surface area is 626 Å². The summed E-state index contributed by atoms with van der Waals surface area (Å²) in [6.07, 6.45) is 3.28. The molecule has 548 valence electrons. The highest BCUT2D eigenvalue weighted by Crippen LogP contribution is 2.59. The molecule has 106 heavy (non-hydrogen) atoms. The minimum atomic E-state index is -0.526. The standard InChI is InChI=1S/C92H106N6O8/c1-55(2)67-23-21-24-68(56(3)4)87(67)93-89(99)71-51-75(103-63-35-27-59(28-36-63)43-47-95(9,10)11)81-83-77(105-65-39-31-61(32-40-65)45-49-97(15,16)17)53-73-80-74(92(102)94(91(73)101)88-69(57(5)6)25-22-26-70(88)58(7)8)54-78(106-66-41-33-62(34-42-66)46-50-98(18,19)20)84(86(80)83)82-76(52-72(90(93)100)79(71)85(81)82)104-64-37-29-60(30-38-64)44-48-96(12,13)14/h21-42,51-58H,43-50H2,1-20H3/q+4. The highest BCUT2D eigenvalue weighted by Gasteiger charge is 2.44. The number of quaternary nitrogens is 4. The van der Waals surface area contributed by atoms with Gasteiger partial charge in [0.25, 0.3) is 23.6 Å². The van der Waals surface area contributed by atoms with E-state index in [1.807, 2.05) is 84.9 Å². The maximum Gasteiger partial charge on any atom is 0.266 e. The predicted molar refractivity (Wildman–Crippen MR) is 432 cm³/mol. The van der Waals surface area contributed by atoms with Gasteiger partial charge in [-0.1, -0.05) is 140 Å². The van der Waals surface area contributed by atoms with Crippen molar-refractivity contribution in [3.63, 3.8) is 0 Å². The zero-order chi connectivity index (χ0) is 76.0. The van der Waals surface area contributed by atoms with E-state index in [-0.39, 0.29) is 68.9 Å². The van der Waals surface area contributed by atoms with Gasteiger partial charge in [-0.3, -0.25) is 19.2 Å². The van der Waals surface area contributed by atoms with E-state index in [0.29, 0.717) is 77.5 Å². The van der Waals surface area contributed by atoms with Crippen molar-refractivity contribution in [1.82, 2.24) is 0 Å². The molecule has 11 aromatic rings. The maximum atomic E-state index is 16.7.